The highest BCUT2D eigenvalue weighted by Gasteiger charge is 2.06. The Morgan fingerprint density at radius 3 is 2.65 bits per heavy atom. The lowest BCUT2D eigenvalue weighted by molar-refractivity contribution is 0.425. The van der Waals surface area contributed by atoms with Gasteiger partial charge in [0.25, 0.3) is 5.89 Å². The van der Waals surface area contributed by atoms with Crippen molar-refractivity contribution < 1.29 is 4.52 Å². The first-order valence-corrected chi connectivity index (χ1v) is 6.89. The van der Waals surface area contributed by atoms with Gasteiger partial charge in [0.15, 0.2) is 5.82 Å². The molecule has 0 aliphatic heterocycles. The number of aryl methyl sites for hydroxylation is 1. The fourth-order valence-corrected chi connectivity index (χ4v) is 2.39. The Balaban J connectivity index is 1.67. The molecule has 0 spiro atoms. The van der Waals surface area contributed by atoms with Gasteiger partial charge in [-0.15, -0.1) is 5.10 Å². The van der Waals surface area contributed by atoms with E-state index >= 15 is 0 Å². The number of aromatic amines is 1. The van der Waals surface area contributed by atoms with E-state index < -0.39 is 0 Å². The van der Waals surface area contributed by atoms with Crippen LogP contribution in [0.3, 0.4) is 0 Å². The average molecular weight is 288 g/mol. The maximum absolute atomic E-state index is 5.47. The summed E-state index contributed by atoms with van der Waals surface area (Å²) in [6, 6.07) is 7.93. The van der Waals surface area contributed by atoms with Gasteiger partial charge >= 0.3 is 0 Å². The number of nitrogens with zero attached hydrogens (tertiary/aromatic N) is 4. The van der Waals surface area contributed by atoms with Crippen molar-refractivity contribution in [3.63, 3.8) is 0 Å². The molecule has 20 heavy (non-hydrogen) atoms. The predicted octanol–water partition coefficient (Wildman–Crippen LogP) is 2.04. The Bertz CT molecular complexity index is 705. The van der Waals surface area contributed by atoms with E-state index in [9.17, 15) is 0 Å². The van der Waals surface area contributed by atoms with Gasteiger partial charge in [0.1, 0.15) is 0 Å². The molecule has 1 aromatic carbocycles. The van der Waals surface area contributed by atoms with Crippen molar-refractivity contribution in [2.24, 2.45) is 0 Å². The zero-order valence-electron chi connectivity index (χ0n) is 10.7. The lowest BCUT2D eigenvalue weighted by atomic mass is 10.1. The number of nitrogens with two attached hydrogens (primary N) is 1. The third-order valence-corrected chi connectivity index (χ3v) is 3.50. The molecule has 0 fully saturated rings. The highest BCUT2D eigenvalue weighted by atomic mass is 32.2. The van der Waals surface area contributed by atoms with Crippen LogP contribution in [0, 0.1) is 6.92 Å². The lowest BCUT2D eigenvalue weighted by Gasteiger charge is -1.99. The molecule has 102 valence electrons. The first kappa shape index (κ1) is 12.7. The summed E-state index contributed by atoms with van der Waals surface area (Å²) >= 11 is 1.52. The lowest BCUT2D eigenvalue weighted by Crippen LogP contribution is -1.85. The topological polar surface area (TPSA) is 107 Å². The number of aromatic nitrogens is 5. The summed E-state index contributed by atoms with van der Waals surface area (Å²) in [6.45, 7) is 1.79. The maximum atomic E-state index is 5.47. The summed E-state index contributed by atoms with van der Waals surface area (Å²) in [5, 5.41) is 11.0. The highest BCUT2D eigenvalue weighted by molar-refractivity contribution is 7.98. The fraction of sp³-hybridized carbons (Fsp3) is 0.167. The van der Waals surface area contributed by atoms with Gasteiger partial charge in [-0.25, -0.2) is 5.10 Å². The van der Waals surface area contributed by atoms with Crippen molar-refractivity contribution in [2.75, 3.05) is 5.73 Å². The minimum absolute atomic E-state index is 0.328. The van der Waals surface area contributed by atoms with Crippen molar-refractivity contribution in [1.29, 1.82) is 0 Å². The van der Waals surface area contributed by atoms with Crippen molar-refractivity contribution in [2.45, 2.75) is 17.8 Å². The predicted molar refractivity (Wildman–Crippen MR) is 74.8 cm³/mol. The number of anilines is 1. The number of hydrogen-bond donors (Lipinski definition) is 2. The van der Waals surface area contributed by atoms with E-state index in [2.05, 4.69) is 25.3 Å². The number of rotatable bonds is 4. The summed E-state index contributed by atoms with van der Waals surface area (Å²) in [7, 11) is 0. The van der Waals surface area contributed by atoms with Crippen LogP contribution < -0.4 is 5.73 Å². The van der Waals surface area contributed by atoms with Crippen LogP contribution in [-0.2, 0) is 5.75 Å². The molecule has 8 heteroatoms. The molecule has 0 bridgehead atoms. The van der Waals surface area contributed by atoms with Crippen molar-refractivity contribution in [3.8, 4) is 11.5 Å². The van der Waals surface area contributed by atoms with Gasteiger partial charge in [0.05, 0.1) is 0 Å². The highest BCUT2D eigenvalue weighted by Crippen LogP contribution is 2.22. The summed E-state index contributed by atoms with van der Waals surface area (Å²) in [4.78, 5) is 8.22. The molecule has 2 heterocycles. The van der Waals surface area contributed by atoms with Crippen LogP contribution in [0.5, 0.6) is 0 Å². The van der Waals surface area contributed by atoms with E-state index in [-0.39, 0.29) is 0 Å². The quantitative estimate of drug-likeness (QED) is 0.707. The standard InChI is InChI=1S/C12H12N6OS/c1-7-14-10(19-18-7)9-4-2-8(3-5-9)6-20-12-15-11(13)16-17-12/h2-5H,6H2,1H3,(H3,13,15,16,17). The minimum Gasteiger partial charge on any atom is -0.368 e. The number of benzene rings is 1. The maximum Gasteiger partial charge on any atom is 0.257 e. The number of hydrogen-bond acceptors (Lipinski definition) is 7. The van der Waals surface area contributed by atoms with E-state index in [1.165, 1.54) is 11.8 Å². The molecule has 0 saturated carbocycles. The van der Waals surface area contributed by atoms with E-state index in [1.54, 1.807) is 6.92 Å². The normalized spacial score (nSPS) is 10.8. The molecule has 0 radical (unpaired) electrons. The van der Waals surface area contributed by atoms with Gasteiger partial charge in [-0.05, 0) is 24.6 Å². The SMILES string of the molecule is Cc1noc(-c2ccc(CSc3n[nH]c(N)n3)cc2)n1. The molecule has 0 amide bonds. The molecule has 3 rings (SSSR count). The largest absolute Gasteiger partial charge is 0.368 e. The zero-order valence-corrected chi connectivity index (χ0v) is 11.5. The Hall–Kier alpha value is -2.35. The fourth-order valence-electron chi connectivity index (χ4n) is 1.63. The van der Waals surface area contributed by atoms with Gasteiger partial charge in [0, 0.05) is 11.3 Å². The number of nitrogens with one attached hydrogen (secondary N) is 1. The van der Waals surface area contributed by atoms with Crippen molar-refractivity contribution in [1.82, 2.24) is 25.3 Å². The van der Waals surface area contributed by atoms with Gasteiger partial charge in [-0.2, -0.15) is 9.97 Å². The van der Waals surface area contributed by atoms with E-state index in [4.69, 9.17) is 10.3 Å². The molecular formula is C12H12N6OS. The van der Waals surface area contributed by atoms with Crippen LogP contribution in [0.4, 0.5) is 5.95 Å². The van der Waals surface area contributed by atoms with Crippen LogP contribution in [-0.4, -0.2) is 25.3 Å². The molecule has 0 aliphatic carbocycles. The molecule has 0 atom stereocenters. The smallest absolute Gasteiger partial charge is 0.257 e. The average Bonchev–Trinajstić information content (AvgIpc) is 3.06. The third kappa shape index (κ3) is 2.80. The molecular weight excluding hydrogens is 276 g/mol. The van der Waals surface area contributed by atoms with Crippen LogP contribution >= 0.6 is 11.8 Å². The summed E-state index contributed by atoms with van der Waals surface area (Å²) < 4.78 is 5.12. The van der Waals surface area contributed by atoms with Gasteiger partial charge in [-0.1, -0.05) is 29.1 Å². The molecule has 0 aliphatic rings. The van der Waals surface area contributed by atoms with Crippen LogP contribution in [0.2, 0.25) is 0 Å². The summed E-state index contributed by atoms with van der Waals surface area (Å²) in [5.74, 6) is 2.25. The first-order valence-electron chi connectivity index (χ1n) is 5.91. The Morgan fingerprint density at radius 2 is 2.05 bits per heavy atom. The Kier molecular flexibility index (Phi) is 3.38. The Morgan fingerprint density at radius 1 is 1.25 bits per heavy atom. The molecule has 3 aromatic rings. The zero-order chi connectivity index (χ0) is 13.9. The van der Waals surface area contributed by atoms with Crippen LogP contribution in [0.25, 0.3) is 11.5 Å². The van der Waals surface area contributed by atoms with Crippen molar-refractivity contribution in [3.05, 3.63) is 35.7 Å². The molecule has 0 saturated heterocycles. The molecule has 3 N–H and O–H groups in total. The second-order valence-electron chi connectivity index (χ2n) is 4.14. The minimum atomic E-state index is 0.328. The van der Waals surface area contributed by atoms with E-state index in [0.717, 1.165) is 16.9 Å². The number of nitrogen functional groups attached to an aromatic ring is 1. The third-order valence-electron chi connectivity index (χ3n) is 2.58. The van der Waals surface area contributed by atoms with E-state index in [1.807, 2.05) is 24.3 Å². The van der Waals surface area contributed by atoms with Crippen LogP contribution in [0.15, 0.2) is 33.9 Å². The molecule has 0 unspecified atom stereocenters. The number of thioether (sulfide) groups is 1. The van der Waals surface area contributed by atoms with Gasteiger partial charge in [0.2, 0.25) is 11.1 Å². The molecule has 7 nitrogen and oxygen atoms in total. The Labute approximate surface area is 119 Å². The number of H-pyrrole nitrogens is 1. The second kappa shape index (κ2) is 5.33. The van der Waals surface area contributed by atoms with Crippen molar-refractivity contribution >= 4 is 17.7 Å². The summed E-state index contributed by atoms with van der Waals surface area (Å²) in [6.07, 6.45) is 0. The second-order valence-corrected chi connectivity index (χ2v) is 5.08. The van der Waals surface area contributed by atoms with Crippen LogP contribution in [0.1, 0.15) is 11.4 Å². The van der Waals surface area contributed by atoms with Gasteiger partial charge in [-0.3, -0.25) is 0 Å². The first-order chi connectivity index (χ1) is 9.70. The summed E-state index contributed by atoms with van der Waals surface area (Å²) in [5.41, 5.74) is 7.52. The van der Waals surface area contributed by atoms with Gasteiger partial charge < -0.3 is 10.3 Å². The molecule has 2 aromatic heterocycles. The van der Waals surface area contributed by atoms with E-state index in [0.29, 0.717) is 22.8 Å². The monoisotopic (exact) mass is 288 g/mol.